The van der Waals surface area contributed by atoms with Crippen LogP contribution in [0.25, 0.3) is 0 Å². The number of benzene rings is 1. The molecular formula is C13H16N6O2. The second-order valence-electron chi connectivity index (χ2n) is 4.34. The molecule has 0 aliphatic rings. The molecule has 21 heavy (non-hydrogen) atoms. The third kappa shape index (κ3) is 4.60. The number of nitrogens with one attached hydrogen (secondary N) is 3. The van der Waals surface area contributed by atoms with E-state index in [0.717, 1.165) is 0 Å². The van der Waals surface area contributed by atoms with E-state index in [2.05, 4.69) is 25.8 Å². The number of aromatic nitrogens is 3. The third-order valence-corrected chi connectivity index (χ3v) is 2.73. The predicted molar refractivity (Wildman–Crippen MR) is 76.3 cm³/mol. The van der Waals surface area contributed by atoms with E-state index in [0.29, 0.717) is 30.0 Å². The average molecular weight is 288 g/mol. The fraction of sp³-hybridized carbons (Fsp3) is 0.231. The van der Waals surface area contributed by atoms with Gasteiger partial charge in [0, 0.05) is 24.2 Å². The minimum atomic E-state index is -0.319. The van der Waals surface area contributed by atoms with Crippen LogP contribution in [0.5, 0.6) is 0 Å². The number of carbonyl (C=O) groups excluding carboxylic acids is 2. The summed E-state index contributed by atoms with van der Waals surface area (Å²) in [4.78, 5) is 27.3. The Balaban J connectivity index is 1.68. The smallest absolute Gasteiger partial charge is 0.251 e. The zero-order valence-electron chi connectivity index (χ0n) is 11.3. The standard InChI is InChI=1S/C13H16N6O2/c14-10-3-1-9(2-4-10)13(21)16-7-12(20)15-6-5-11-17-8-18-19-11/h1-4,8H,5-7,14H2,(H,15,20)(H,16,21)(H,17,18,19). The highest BCUT2D eigenvalue weighted by Gasteiger charge is 2.07. The van der Waals surface area contributed by atoms with Crippen LogP contribution in [-0.2, 0) is 11.2 Å². The molecule has 0 atom stereocenters. The van der Waals surface area contributed by atoms with E-state index in [4.69, 9.17) is 5.73 Å². The molecule has 2 amide bonds. The molecule has 5 N–H and O–H groups in total. The van der Waals surface area contributed by atoms with Crippen LogP contribution >= 0.6 is 0 Å². The van der Waals surface area contributed by atoms with Gasteiger partial charge in [-0.15, -0.1) is 0 Å². The Morgan fingerprint density at radius 1 is 1.19 bits per heavy atom. The molecule has 8 heteroatoms. The molecule has 0 unspecified atom stereocenters. The molecule has 0 aliphatic heterocycles. The van der Waals surface area contributed by atoms with Crippen molar-refractivity contribution in [2.75, 3.05) is 18.8 Å². The van der Waals surface area contributed by atoms with Gasteiger partial charge < -0.3 is 16.4 Å². The highest BCUT2D eigenvalue weighted by atomic mass is 16.2. The van der Waals surface area contributed by atoms with Gasteiger partial charge in [-0.1, -0.05) is 0 Å². The number of carbonyl (C=O) groups is 2. The molecule has 0 bridgehead atoms. The van der Waals surface area contributed by atoms with Crippen LogP contribution in [-0.4, -0.2) is 40.1 Å². The molecule has 0 saturated heterocycles. The van der Waals surface area contributed by atoms with Crippen LogP contribution in [0.2, 0.25) is 0 Å². The van der Waals surface area contributed by atoms with Gasteiger partial charge in [-0.3, -0.25) is 14.7 Å². The van der Waals surface area contributed by atoms with Gasteiger partial charge in [-0.25, -0.2) is 4.98 Å². The molecule has 1 aromatic carbocycles. The first-order valence-corrected chi connectivity index (χ1v) is 6.40. The summed E-state index contributed by atoms with van der Waals surface area (Å²) >= 11 is 0. The maximum atomic E-state index is 11.8. The Labute approximate surface area is 121 Å². The molecule has 0 fully saturated rings. The number of hydrogen-bond donors (Lipinski definition) is 4. The highest BCUT2D eigenvalue weighted by Crippen LogP contribution is 2.04. The topological polar surface area (TPSA) is 126 Å². The molecular weight excluding hydrogens is 272 g/mol. The van der Waals surface area contributed by atoms with E-state index in [1.165, 1.54) is 6.33 Å². The fourth-order valence-electron chi connectivity index (χ4n) is 1.63. The summed E-state index contributed by atoms with van der Waals surface area (Å²) in [6.07, 6.45) is 1.96. The summed E-state index contributed by atoms with van der Waals surface area (Å²) in [5.41, 5.74) is 6.57. The van der Waals surface area contributed by atoms with E-state index in [1.54, 1.807) is 24.3 Å². The van der Waals surface area contributed by atoms with Crippen molar-refractivity contribution < 1.29 is 9.59 Å². The van der Waals surface area contributed by atoms with Crippen molar-refractivity contribution in [1.29, 1.82) is 0 Å². The van der Waals surface area contributed by atoms with Gasteiger partial charge in [0.05, 0.1) is 6.54 Å². The van der Waals surface area contributed by atoms with Crippen molar-refractivity contribution in [1.82, 2.24) is 25.8 Å². The normalized spacial score (nSPS) is 10.1. The zero-order chi connectivity index (χ0) is 15.1. The summed E-state index contributed by atoms with van der Waals surface area (Å²) in [7, 11) is 0. The van der Waals surface area contributed by atoms with Crippen LogP contribution in [0, 0.1) is 0 Å². The molecule has 2 rings (SSSR count). The Hall–Kier alpha value is -2.90. The van der Waals surface area contributed by atoms with E-state index in [9.17, 15) is 9.59 Å². The van der Waals surface area contributed by atoms with Crippen molar-refractivity contribution in [3.05, 3.63) is 42.0 Å². The van der Waals surface area contributed by atoms with E-state index >= 15 is 0 Å². The monoisotopic (exact) mass is 288 g/mol. The van der Waals surface area contributed by atoms with Crippen molar-refractivity contribution in [2.45, 2.75) is 6.42 Å². The number of rotatable bonds is 6. The van der Waals surface area contributed by atoms with Gasteiger partial charge in [-0.05, 0) is 24.3 Å². The number of anilines is 1. The van der Waals surface area contributed by atoms with Gasteiger partial charge in [0.2, 0.25) is 5.91 Å². The molecule has 2 aromatic rings. The highest BCUT2D eigenvalue weighted by molar-refractivity contribution is 5.96. The predicted octanol–water partition coefficient (Wildman–Crippen LogP) is -0.524. The number of amides is 2. The lowest BCUT2D eigenvalue weighted by Gasteiger charge is -2.06. The number of nitrogens with two attached hydrogens (primary N) is 1. The van der Waals surface area contributed by atoms with Gasteiger partial charge in [0.25, 0.3) is 5.91 Å². The van der Waals surface area contributed by atoms with Gasteiger partial charge in [-0.2, -0.15) is 5.10 Å². The first kappa shape index (κ1) is 14.5. The number of H-pyrrole nitrogens is 1. The molecule has 0 saturated carbocycles. The number of nitrogen functional groups attached to an aromatic ring is 1. The molecule has 0 spiro atoms. The lowest BCUT2D eigenvalue weighted by Crippen LogP contribution is -2.37. The summed E-state index contributed by atoms with van der Waals surface area (Å²) in [6.45, 7) is 0.339. The van der Waals surface area contributed by atoms with E-state index < -0.39 is 0 Å². The quantitative estimate of drug-likeness (QED) is 0.532. The van der Waals surface area contributed by atoms with Crippen LogP contribution in [0.4, 0.5) is 5.69 Å². The van der Waals surface area contributed by atoms with Gasteiger partial charge >= 0.3 is 0 Å². The van der Waals surface area contributed by atoms with Crippen molar-refractivity contribution in [3.8, 4) is 0 Å². The largest absolute Gasteiger partial charge is 0.399 e. The molecule has 1 aromatic heterocycles. The Bertz CT molecular complexity index is 594. The number of hydrogen-bond acceptors (Lipinski definition) is 5. The average Bonchev–Trinajstić information content (AvgIpc) is 2.99. The van der Waals surface area contributed by atoms with Crippen LogP contribution < -0.4 is 16.4 Å². The summed E-state index contributed by atoms with van der Waals surface area (Å²) in [5, 5.41) is 11.6. The van der Waals surface area contributed by atoms with Crippen molar-refractivity contribution in [2.24, 2.45) is 0 Å². The molecule has 110 valence electrons. The Morgan fingerprint density at radius 3 is 2.62 bits per heavy atom. The zero-order valence-corrected chi connectivity index (χ0v) is 11.3. The lowest BCUT2D eigenvalue weighted by molar-refractivity contribution is -0.120. The maximum absolute atomic E-state index is 11.8. The second-order valence-corrected chi connectivity index (χ2v) is 4.34. The number of nitrogens with zero attached hydrogens (tertiary/aromatic N) is 2. The summed E-state index contributed by atoms with van der Waals surface area (Å²) in [5.74, 6) is 0.111. The molecule has 0 radical (unpaired) electrons. The Morgan fingerprint density at radius 2 is 1.95 bits per heavy atom. The van der Waals surface area contributed by atoms with Gasteiger partial charge in [0.1, 0.15) is 12.2 Å². The van der Waals surface area contributed by atoms with Crippen molar-refractivity contribution >= 4 is 17.5 Å². The first-order chi connectivity index (χ1) is 10.1. The maximum Gasteiger partial charge on any atom is 0.251 e. The summed E-state index contributed by atoms with van der Waals surface area (Å²) in [6, 6.07) is 6.47. The minimum Gasteiger partial charge on any atom is -0.399 e. The fourth-order valence-corrected chi connectivity index (χ4v) is 1.63. The SMILES string of the molecule is Nc1ccc(C(=O)NCC(=O)NCCc2ncn[nH]2)cc1. The lowest BCUT2D eigenvalue weighted by atomic mass is 10.2. The van der Waals surface area contributed by atoms with E-state index in [1.807, 2.05) is 0 Å². The summed E-state index contributed by atoms with van der Waals surface area (Å²) < 4.78 is 0. The van der Waals surface area contributed by atoms with Crippen LogP contribution in [0.3, 0.4) is 0 Å². The van der Waals surface area contributed by atoms with Crippen LogP contribution in [0.15, 0.2) is 30.6 Å². The first-order valence-electron chi connectivity index (χ1n) is 6.40. The third-order valence-electron chi connectivity index (χ3n) is 2.73. The molecule has 1 heterocycles. The van der Waals surface area contributed by atoms with Crippen LogP contribution in [0.1, 0.15) is 16.2 Å². The minimum absolute atomic E-state index is 0.0837. The molecule has 8 nitrogen and oxygen atoms in total. The van der Waals surface area contributed by atoms with Crippen molar-refractivity contribution in [3.63, 3.8) is 0 Å². The Kier molecular flexibility index (Phi) is 4.86. The number of aromatic amines is 1. The van der Waals surface area contributed by atoms with E-state index in [-0.39, 0.29) is 18.4 Å². The molecule has 0 aliphatic carbocycles. The second kappa shape index (κ2) is 7.04. The van der Waals surface area contributed by atoms with Gasteiger partial charge in [0.15, 0.2) is 0 Å².